The van der Waals surface area contributed by atoms with Crippen LogP contribution in [0.25, 0.3) is 0 Å². The predicted molar refractivity (Wildman–Crippen MR) is 82.4 cm³/mol. The Morgan fingerprint density at radius 1 is 1.52 bits per heavy atom. The Labute approximate surface area is 124 Å². The molecule has 1 saturated heterocycles. The summed E-state index contributed by atoms with van der Waals surface area (Å²) in [5, 5.41) is 22.8. The van der Waals surface area contributed by atoms with E-state index in [0.29, 0.717) is 11.7 Å². The number of hydrogen-bond acceptors (Lipinski definition) is 5. The van der Waals surface area contributed by atoms with Crippen molar-refractivity contribution in [3.8, 4) is 0 Å². The Morgan fingerprint density at radius 2 is 2.33 bits per heavy atom. The van der Waals surface area contributed by atoms with Gasteiger partial charge in [-0.3, -0.25) is 15.0 Å². The van der Waals surface area contributed by atoms with E-state index in [1.807, 2.05) is 12.1 Å². The lowest BCUT2D eigenvalue weighted by atomic mass is 10.1. The van der Waals surface area contributed by atoms with Crippen LogP contribution in [0.5, 0.6) is 0 Å². The van der Waals surface area contributed by atoms with Crippen molar-refractivity contribution in [2.75, 3.05) is 25.5 Å². The van der Waals surface area contributed by atoms with E-state index >= 15 is 0 Å². The van der Waals surface area contributed by atoms with Gasteiger partial charge in [-0.15, -0.1) is 0 Å². The standard InChI is InChI=1S/C15H23N3O3/c1-16-14-10-12(6-7-15(14)18(20)21)11-17-8-2-4-13(17)5-3-9-19/h6-7,10,13,16,19H,2-5,8-9,11H2,1H3. The number of rotatable bonds is 7. The van der Waals surface area contributed by atoms with Crippen molar-refractivity contribution in [2.24, 2.45) is 0 Å². The van der Waals surface area contributed by atoms with Gasteiger partial charge in [-0.25, -0.2) is 0 Å². The first kappa shape index (κ1) is 15.7. The van der Waals surface area contributed by atoms with E-state index in [4.69, 9.17) is 5.11 Å². The van der Waals surface area contributed by atoms with Gasteiger partial charge in [0.1, 0.15) is 5.69 Å². The molecule has 1 atom stereocenters. The number of nitrogens with zero attached hydrogens (tertiary/aromatic N) is 2. The number of benzene rings is 1. The average Bonchev–Trinajstić information content (AvgIpc) is 2.91. The topological polar surface area (TPSA) is 78.6 Å². The number of hydrogen-bond donors (Lipinski definition) is 2. The van der Waals surface area contributed by atoms with Gasteiger partial charge in [0.15, 0.2) is 0 Å². The van der Waals surface area contributed by atoms with E-state index < -0.39 is 0 Å². The summed E-state index contributed by atoms with van der Waals surface area (Å²) in [6.45, 7) is 2.11. The molecule has 1 aromatic carbocycles. The summed E-state index contributed by atoms with van der Waals surface area (Å²) >= 11 is 0. The second-order valence-electron chi connectivity index (χ2n) is 5.49. The molecule has 2 N–H and O–H groups in total. The Kier molecular flexibility index (Phi) is 5.52. The monoisotopic (exact) mass is 293 g/mol. The van der Waals surface area contributed by atoms with Crippen LogP contribution in [0.15, 0.2) is 18.2 Å². The highest BCUT2D eigenvalue weighted by atomic mass is 16.6. The van der Waals surface area contributed by atoms with Crippen LogP contribution in [0.3, 0.4) is 0 Å². The molecule has 6 heteroatoms. The average molecular weight is 293 g/mol. The number of anilines is 1. The molecule has 1 heterocycles. The molecule has 1 unspecified atom stereocenters. The van der Waals surface area contributed by atoms with Crippen molar-refractivity contribution in [1.82, 2.24) is 4.90 Å². The molecule has 0 saturated carbocycles. The van der Waals surface area contributed by atoms with Crippen molar-refractivity contribution in [3.63, 3.8) is 0 Å². The summed E-state index contributed by atoms with van der Waals surface area (Å²) in [7, 11) is 1.70. The van der Waals surface area contributed by atoms with E-state index in [9.17, 15) is 10.1 Å². The minimum absolute atomic E-state index is 0.111. The fourth-order valence-corrected chi connectivity index (χ4v) is 3.03. The Bertz CT molecular complexity index is 493. The van der Waals surface area contributed by atoms with Gasteiger partial charge in [0.25, 0.3) is 5.69 Å². The maximum Gasteiger partial charge on any atom is 0.292 e. The summed E-state index contributed by atoms with van der Waals surface area (Å²) in [5.41, 5.74) is 1.75. The van der Waals surface area contributed by atoms with Crippen molar-refractivity contribution < 1.29 is 10.0 Å². The van der Waals surface area contributed by atoms with Gasteiger partial charge >= 0.3 is 0 Å². The maximum absolute atomic E-state index is 10.9. The number of nitro benzene ring substituents is 1. The molecule has 1 aromatic rings. The van der Waals surface area contributed by atoms with Crippen LogP contribution < -0.4 is 5.32 Å². The minimum Gasteiger partial charge on any atom is -0.396 e. The van der Waals surface area contributed by atoms with E-state index in [2.05, 4.69) is 10.2 Å². The van der Waals surface area contributed by atoms with Gasteiger partial charge in [0.05, 0.1) is 4.92 Å². The van der Waals surface area contributed by atoms with E-state index in [1.54, 1.807) is 13.1 Å². The van der Waals surface area contributed by atoms with Crippen LogP contribution in [-0.4, -0.2) is 41.2 Å². The highest BCUT2D eigenvalue weighted by Crippen LogP contribution is 2.28. The molecule has 0 amide bonds. The molecule has 2 rings (SSSR count). The van der Waals surface area contributed by atoms with E-state index in [0.717, 1.165) is 31.5 Å². The van der Waals surface area contributed by atoms with Gasteiger partial charge in [-0.1, -0.05) is 6.07 Å². The Balaban J connectivity index is 2.06. The summed E-state index contributed by atoms with van der Waals surface area (Å²) in [5.74, 6) is 0. The zero-order valence-corrected chi connectivity index (χ0v) is 12.4. The molecule has 1 fully saturated rings. The van der Waals surface area contributed by atoms with Crippen LogP contribution in [0.1, 0.15) is 31.2 Å². The third-order valence-corrected chi connectivity index (χ3v) is 4.11. The molecule has 116 valence electrons. The molecule has 21 heavy (non-hydrogen) atoms. The lowest BCUT2D eigenvalue weighted by Gasteiger charge is -2.24. The third-order valence-electron chi connectivity index (χ3n) is 4.11. The molecule has 6 nitrogen and oxygen atoms in total. The summed E-state index contributed by atoms with van der Waals surface area (Å²) in [6.07, 6.45) is 4.21. The van der Waals surface area contributed by atoms with Gasteiger partial charge < -0.3 is 10.4 Å². The molecule has 1 aliphatic rings. The molecule has 0 spiro atoms. The molecule has 0 radical (unpaired) electrons. The van der Waals surface area contributed by atoms with Gasteiger partial charge in [-0.2, -0.15) is 0 Å². The SMILES string of the molecule is CNc1cc(CN2CCCC2CCCO)ccc1[N+](=O)[O-]. The van der Waals surface area contributed by atoms with E-state index in [1.165, 1.54) is 12.8 Å². The zero-order valence-electron chi connectivity index (χ0n) is 12.4. The third kappa shape index (κ3) is 3.92. The summed E-state index contributed by atoms with van der Waals surface area (Å²) < 4.78 is 0. The Hall–Kier alpha value is -1.66. The minimum atomic E-state index is -0.366. The predicted octanol–water partition coefficient (Wildman–Crippen LogP) is 2.37. The van der Waals surface area contributed by atoms with Crippen LogP contribution in [0.4, 0.5) is 11.4 Å². The number of aliphatic hydroxyl groups is 1. The lowest BCUT2D eigenvalue weighted by Crippen LogP contribution is -2.29. The number of likely N-dealkylation sites (tertiary alicyclic amines) is 1. The first-order valence-electron chi connectivity index (χ1n) is 7.45. The first-order chi connectivity index (χ1) is 10.2. The highest BCUT2D eigenvalue weighted by molar-refractivity contribution is 5.62. The quantitative estimate of drug-likeness (QED) is 0.596. The van der Waals surface area contributed by atoms with Crippen LogP contribution in [0.2, 0.25) is 0 Å². The summed E-state index contributed by atoms with van der Waals surface area (Å²) in [6, 6.07) is 5.78. The van der Waals surface area contributed by atoms with Gasteiger partial charge in [0, 0.05) is 32.3 Å². The molecular formula is C15H23N3O3. The fourth-order valence-electron chi connectivity index (χ4n) is 3.03. The van der Waals surface area contributed by atoms with E-state index in [-0.39, 0.29) is 17.2 Å². The maximum atomic E-state index is 10.9. The molecule has 0 aliphatic carbocycles. The van der Waals surface area contributed by atoms with Crippen LogP contribution in [0, 0.1) is 10.1 Å². The zero-order chi connectivity index (χ0) is 15.2. The normalized spacial score (nSPS) is 18.9. The van der Waals surface area contributed by atoms with Crippen molar-refractivity contribution in [1.29, 1.82) is 0 Å². The van der Waals surface area contributed by atoms with Crippen LogP contribution in [-0.2, 0) is 6.54 Å². The first-order valence-corrected chi connectivity index (χ1v) is 7.45. The van der Waals surface area contributed by atoms with Gasteiger partial charge in [0.2, 0.25) is 0 Å². The molecule has 1 aliphatic heterocycles. The second kappa shape index (κ2) is 7.38. The molecule has 0 bridgehead atoms. The largest absolute Gasteiger partial charge is 0.396 e. The fraction of sp³-hybridized carbons (Fsp3) is 0.600. The lowest BCUT2D eigenvalue weighted by molar-refractivity contribution is -0.384. The smallest absolute Gasteiger partial charge is 0.292 e. The van der Waals surface area contributed by atoms with Gasteiger partial charge in [-0.05, 0) is 43.9 Å². The van der Waals surface area contributed by atoms with Crippen molar-refractivity contribution in [2.45, 2.75) is 38.3 Å². The van der Waals surface area contributed by atoms with Crippen LogP contribution >= 0.6 is 0 Å². The number of nitrogens with one attached hydrogen (secondary N) is 1. The molecular weight excluding hydrogens is 270 g/mol. The highest BCUT2D eigenvalue weighted by Gasteiger charge is 2.24. The van der Waals surface area contributed by atoms with Crippen molar-refractivity contribution >= 4 is 11.4 Å². The number of aliphatic hydroxyl groups excluding tert-OH is 1. The molecule has 0 aromatic heterocycles. The number of nitro groups is 1. The second-order valence-corrected chi connectivity index (χ2v) is 5.49. The Morgan fingerprint density at radius 3 is 3.00 bits per heavy atom. The van der Waals surface area contributed by atoms with Crippen molar-refractivity contribution in [3.05, 3.63) is 33.9 Å². The summed E-state index contributed by atoms with van der Waals surface area (Å²) in [4.78, 5) is 13.0.